The number of amides is 1. The molecule has 0 unspecified atom stereocenters. The van der Waals surface area contributed by atoms with Crippen LogP contribution in [0.1, 0.15) is 31.2 Å². The minimum Gasteiger partial charge on any atom is -0.325 e. The summed E-state index contributed by atoms with van der Waals surface area (Å²) in [5.41, 5.74) is 2.03. The number of nitrogens with one attached hydrogen (secondary N) is 2. The average Bonchev–Trinajstić information content (AvgIpc) is 3.26. The summed E-state index contributed by atoms with van der Waals surface area (Å²) < 4.78 is 0. The van der Waals surface area contributed by atoms with Crippen LogP contribution in [-0.2, 0) is 4.79 Å². The first-order chi connectivity index (χ1) is 9.24. The molecule has 1 aromatic carbocycles. The fraction of sp³-hybridized carbons (Fsp3) is 0.562. The molecule has 0 atom stereocenters. The number of hydrogen-bond acceptors (Lipinski definition) is 2. The summed E-state index contributed by atoms with van der Waals surface area (Å²) in [6.07, 6.45) is 5.36. The highest BCUT2D eigenvalue weighted by Crippen LogP contribution is 2.44. The molecule has 102 valence electrons. The Bertz CT molecular complexity index is 452. The molecular formula is C16H22N2O. The first-order valence-electron chi connectivity index (χ1n) is 7.33. The normalized spacial score (nSPS) is 18.6. The van der Waals surface area contributed by atoms with Crippen molar-refractivity contribution in [3.05, 3.63) is 29.8 Å². The first kappa shape index (κ1) is 12.7. The highest BCUT2D eigenvalue weighted by atomic mass is 16.1. The van der Waals surface area contributed by atoms with Gasteiger partial charge in [0.2, 0.25) is 5.91 Å². The van der Waals surface area contributed by atoms with Crippen LogP contribution in [-0.4, -0.2) is 18.5 Å². The molecule has 0 heterocycles. The van der Waals surface area contributed by atoms with Crippen LogP contribution in [0.15, 0.2) is 24.3 Å². The summed E-state index contributed by atoms with van der Waals surface area (Å²) in [4.78, 5) is 12.0. The zero-order valence-corrected chi connectivity index (χ0v) is 11.5. The van der Waals surface area contributed by atoms with E-state index < -0.39 is 0 Å². The van der Waals surface area contributed by atoms with Crippen LogP contribution in [0, 0.1) is 18.8 Å². The van der Waals surface area contributed by atoms with Crippen LogP contribution >= 0.6 is 0 Å². The SMILES string of the molecule is Cc1ccccc1NC(=O)CNC(C1CC1)C1CC1. The first-order valence-corrected chi connectivity index (χ1v) is 7.33. The number of aryl methyl sites for hydroxylation is 1. The Balaban J connectivity index is 1.49. The van der Waals surface area contributed by atoms with Crippen LogP contribution in [0.2, 0.25) is 0 Å². The fourth-order valence-electron chi connectivity index (χ4n) is 2.75. The monoisotopic (exact) mass is 258 g/mol. The number of benzene rings is 1. The van der Waals surface area contributed by atoms with Crippen molar-refractivity contribution >= 4 is 11.6 Å². The van der Waals surface area contributed by atoms with Crippen LogP contribution in [0.4, 0.5) is 5.69 Å². The predicted molar refractivity (Wildman–Crippen MR) is 77.0 cm³/mol. The van der Waals surface area contributed by atoms with Gasteiger partial charge in [0.1, 0.15) is 0 Å². The van der Waals surface area contributed by atoms with E-state index in [1.165, 1.54) is 25.7 Å². The van der Waals surface area contributed by atoms with Crippen LogP contribution in [0.5, 0.6) is 0 Å². The Morgan fingerprint density at radius 3 is 2.42 bits per heavy atom. The molecule has 0 aliphatic heterocycles. The Morgan fingerprint density at radius 1 is 1.21 bits per heavy atom. The maximum Gasteiger partial charge on any atom is 0.238 e. The molecule has 1 aromatic rings. The zero-order valence-electron chi connectivity index (χ0n) is 11.5. The van der Waals surface area contributed by atoms with Gasteiger partial charge < -0.3 is 10.6 Å². The van der Waals surface area contributed by atoms with Gasteiger partial charge in [-0.3, -0.25) is 4.79 Å². The topological polar surface area (TPSA) is 41.1 Å². The number of hydrogen-bond donors (Lipinski definition) is 2. The molecule has 2 saturated carbocycles. The number of carbonyl (C=O) groups is 1. The number of para-hydroxylation sites is 1. The third kappa shape index (κ3) is 3.35. The Morgan fingerprint density at radius 2 is 1.84 bits per heavy atom. The molecule has 0 spiro atoms. The van der Waals surface area contributed by atoms with Gasteiger partial charge in [-0.15, -0.1) is 0 Å². The lowest BCUT2D eigenvalue weighted by Gasteiger charge is -2.17. The van der Waals surface area contributed by atoms with Gasteiger partial charge in [0.15, 0.2) is 0 Å². The summed E-state index contributed by atoms with van der Waals surface area (Å²) in [6, 6.07) is 8.49. The largest absolute Gasteiger partial charge is 0.325 e. The van der Waals surface area contributed by atoms with E-state index in [-0.39, 0.29) is 5.91 Å². The molecule has 0 radical (unpaired) electrons. The molecule has 0 aromatic heterocycles. The lowest BCUT2D eigenvalue weighted by molar-refractivity contribution is -0.115. The molecule has 3 heteroatoms. The smallest absolute Gasteiger partial charge is 0.238 e. The molecule has 2 aliphatic carbocycles. The minimum absolute atomic E-state index is 0.0700. The van der Waals surface area contributed by atoms with Gasteiger partial charge in [-0.05, 0) is 56.1 Å². The van der Waals surface area contributed by atoms with Crippen molar-refractivity contribution in [1.82, 2.24) is 5.32 Å². The summed E-state index contributed by atoms with van der Waals surface area (Å²) >= 11 is 0. The highest BCUT2D eigenvalue weighted by molar-refractivity contribution is 5.92. The van der Waals surface area contributed by atoms with Crippen LogP contribution < -0.4 is 10.6 Å². The lowest BCUT2D eigenvalue weighted by atomic mass is 10.1. The highest BCUT2D eigenvalue weighted by Gasteiger charge is 2.41. The van der Waals surface area contributed by atoms with Crippen molar-refractivity contribution in [2.24, 2.45) is 11.8 Å². The maximum absolute atomic E-state index is 12.0. The number of rotatable bonds is 6. The van der Waals surface area contributed by atoms with Crippen molar-refractivity contribution in [1.29, 1.82) is 0 Å². The Labute approximate surface area is 114 Å². The van der Waals surface area contributed by atoms with Crippen molar-refractivity contribution in [3.63, 3.8) is 0 Å². The van der Waals surface area contributed by atoms with E-state index in [9.17, 15) is 4.79 Å². The van der Waals surface area contributed by atoms with E-state index in [2.05, 4.69) is 10.6 Å². The lowest BCUT2D eigenvalue weighted by Crippen LogP contribution is -2.38. The molecule has 0 bridgehead atoms. The van der Waals surface area contributed by atoms with E-state index in [1.807, 2.05) is 31.2 Å². The standard InChI is InChI=1S/C16H22N2O/c1-11-4-2-3-5-14(11)18-15(19)10-17-16(12-6-7-12)13-8-9-13/h2-5,12-13,16-17H,6-10H2,1H3,(H,18,19). The van der Waals surface area contributed by atoms with E-state index in [1.54, 1.807) is 0 Å². The summed E-state index contributed by atoms with van der Waals surface area (Å²) in [6.45, 7) is 2.45. The molecule has 3 rings (SSSR count). The van der Waals surface area contributed by atoms with Crippen molar-refractivity contribution in [2.75, 3.05) is 11.9 Å². The van der Waals surface area contributed by atoms with Gasteiger partial charge in [0, 0.05) is 11.7 Å². The molecule has 2 N–H and O–H groups in total. The Kier molecular flexibility index (Phi) is 3.56. The molecular weight excluding hydrogens is 236 g/mol. The second kappa shape index (κ2) is 5.33. The summed E-state index contributed by atoms with van der Waals surface area (Å²) in [5.74, 6) is 1.73. The number of carbonyl (C=O) groups excluding carboxylic acids is 1. The van der Waals surface area contributed by atoms with Gasteiger partial charge in [0.05, 0.1) is 6.54 Å². The van der Waals surface area contributed by atoms with E-state index in [0.717, 1.165) is 23.1 Å². The van der Waals surface area contributed by atoms with E-state index in [0.29, 0.717) is 12.6 Å². The van der Waals surface area contributed by atoms with Crippen LogP contribution in [0.3, 0.4) is 0 Å². The zero-order chi connectivity index (χ0) is 13.2. The van der Waals surface area contributed by atoms with Crippen molar-refractivity contribution < 1.29 is 4.79 Å². The third-order valence-corrected chi connectivity index (χ3v) is 4.18. The molecule has 19 heavy (non-hydrogen) atoms. The summed E-state index contributed by atoms with van der Waals surface area (Å²) in [5, 5.41) is 6.45. The maximum atomic E-state index is 12.0. The molecule has 3 nitrogen and oxygen atoms in total. The third-order valence-electron chi connectivity index (χ3n) is 4.18. The predicted octanol–water partition coefficient (Wildman–Crippen LogP) is 2.71. The van der Waals surface area contributed by atoms with Crippen molar-refractivity contribution in [3.8, 4) is 0 Å². The average molecular weight is 258 g/mol. The van der Waals surface area contributed by atoms with E-state index >= 15 is 0 Å². The van der Waals surface area contributed by atoms with Gasteiger partial charge in [-0.25, -0.2) is 0 Å². The van der Waals surface area contributed by atoms with Gasteiger partial charge in [-0.1, -0.05) is 18.2 Å². The minimum atomic E-state index is 0.0700. The van der Waals surface area contributed by atoms with Crippen molar-refractivity contribution in [2.45, 2.75) is 38.6 Å². The molecule has 2 aliphatic rings. The summed E-state index contributed by atoms with van der Waals surface area (Å²) in [7, 11) is 0. The molecule has 1 amide bonds. The quantitative estimate of drug-likeness (QED) is 0.823. The second-order valence-corrected chi connectivity index (χ2v) is 5.94. The second-order valence-electron chi connectivity index (χ2n) is 5.94. The van der Waals surface area contributed by atoms with E-state index in [4.69, 9.17) is 0 Å². The Hall–Kier alpha value is -1.35. The molecule has 0 saturated heterocycles. The molecule has 2 fully saturated rings. The van der Waals surface area contributed by atoms with Gasteiger partial charge in [-0.2, -0.15) is 0 Å². The van der Waals surface area contributed by atoms with Crippen LogP contribution in [0.25, 0.3) is 0 Å². The van der Waals surface area contributed by atoms with Gasteiger partial charge in [0.25, 0.3) is 0 Å². The van der Waals surface area contributed by atoms with Gasteiger partial charge >= 0.3 is 0 Å². The fourth-order valence-corrected chi connectivity index (χ4v) is 2.75. The number of anilines is 1.